The van der Waals surface area contributed by atoms with Crippen LogP contribution in [0.4, 0.5) is 10.1 Å². The Morgan fingerprint density at radius 1 is 1.61 bits per heavy atom. The predicted molar refractivity (Wildman–Crippen MR) is 64.0 cm³/mol. The fourth-order valence-corrected chi connectivity index (χ4v) is 1.55. The van der Waals surface area contributed by atoms with Crippen LogP contribution in [0.3, 0.4) is 0 Å². The minimum Gasteiger partial charge on any atom is -0.479 e. The molecule has 1 aliphatic heterocycles. The average Bonchev–Trinajstić information content (AvgIpc) is 2.38. The number of methoxy groups -OCH3 is 1. The van der Waals surface area contributed by atoms with Gasteiger partial charge in [-0.15, -0.1) is 0 Å². The molecule has 1 aromatic rings. The molecular formula is C11H13FN4O2. The van der Waals surface area contributed by atoms with Gasteiger partial charge in [0.15, 0.2) is 5.82 Å². The van der Waals surface area contributed by atoms with Gasteiger partial charge in [-0.05, 0) is 12.8 Å². The lowest BCUT2D eigenvalue weighted by Gasteiger charge is -2.13. The summed E-state index contributed by atoms with van der Waals surface area (Å²) in [5.74, 6) is -0.866. The number of carbonyl (C=O) groups is 1. The first-order chi connectivity index (χ1) is 8.70. The molecule has 1 aromatic heterocycles. The third-order valence-corrected chi connectivity index (χ3v) is 2.46. The molecule has 18 heavy (non-hydrogen) atoms. The fourth-order valence-electron chi connectivity index (χ4n) is 1.55. The zero-order chi connectivity index (χ0) is 13.0. The largest absolute Gasteiger partial charge is 0.479 e. The third kappa shape index (κ3) is 2.73. The normalized spacial score (nSPS) is 17.4. The lowest BCUT2D eigenvalue weighted by molar-refractivity contribution is -0.115. The van der Waals surface area contributed by atoms with Gasteiger partial charge in [0.25, 0.3) is 5.91 Å². The second-order valence-electron chi connectivity index (χ2n) is 3.74. The lowest BCUT2D eigenvalue weighted by atomic mass is 10.1. The SMILES string of the molecule is COc1ncc(N/N=C2\CCCNC2=O)cc1F. The van der Waals surface area contributed by atoms with Gasteiger partial charge in [-0.1, -0.05) is 0 Å². The van der Waals surface area contributed by atoms with Gasteiger partial charge in [0, 0.05) is 12.6 Å². The van der Waals surface area contributed by atoms with Crippen LogP contribution in [-0.4, -0.2) is 30.3 Å². The Hall–Kier alpha value is -2.18. The molecule has 1 saturated heterocycles. The van der Waals surface area contributed by atoms with E-state index < -0.39 is 5.82 Å². The van der Waals surface area contributed by atoms with Crippen molar-refractivity contribution in [3.63, 3.8) is 0 Å². The first-order valence-electron chi connectivity index (χ1n) is 5.51. The number of hydrogen-bond acceptors (Lipinski definition) is 5. The van der Waals surface area contributed by atoms with Gasteiger partial charge in [-0.25, -0.2) is 9.37 Å². The van der Waals surface area contributed by atoms with E-state index in [-0.39, 0.29) is 11.8 Å². The summed E-state index contributed by atoms with van der Waals surface area (Å²) in [4.78, 5) is 15.1. The van der Waals surface area contributed by atoms with Gasteiger partial charge in [0.2, 0.25) is 5.88 Å². The molecule has 0 saturated carbocycles. The average molecular weight is 252 g/mol. The van der Waals surface area contributed by atoms with Crippen LogP contribution in [0.2, 0.25) is 0 Å². The summed E-state index contributed by atoms with van der Waals surface area (Å²) >= 11 is 0. The molecule has 0 aliphatic carbocycles. The molecule has 0 spiro atoms. The van der Waals surface area contributed by atoms with Crippen LogP contribution < -0.4 is 15.5 Å². The first kappa shape index (κ1) is 12.3. The Bertz CT molecular complexity index is 490. The van der Waals surface area contributed by atoms with Crippen molar-refractivity contribution in [1.29, 1.82) is 0 Å². The van der Waals surface area contributed by atoms with Gasteiger partial charge < -0.3 is 10.1 Å². The second-order valence-corrected chi connectivity index (χ2v) is 3.74. The molecule has 0 bridgehead atoms. The number of ether oxygens (including phenoxy) is 1. The van der Waals surface area contributed by atoms with Crippen LogP contribution in [-0.2, 0) is 4.79 Å². The van der Waals surface area contributed by atoms with Crippen LogP contribution in [0.25, 0.3) is 0 Å². The van der Waals surface area contributed by atoms with Crippen LogP contribution in [0, 0.1) is 5.82 Å². The number of nitrogens with zero attached hydrogens (tertiary/aromatic N) is 2. The maximum atomic E-state index is 13.3. The van der Waals surface area contributed by atoms with E-state index in [1.165, 1.54) is 19.4 Å². The van der Waals surface area contributed by atoms with E-state index >= 15 is 0 Å². The number of rotatable bonds is 3. The van der Waals surface area contributed by atoms with Crippen LogP contribution in [0.15, 0.2) is 17.4 Å². The lowest BCUT2D eigenvalue weighted by Crippen LogP contribution is -2.37. The minimum absolute atomic E-state index is 0.0800. The predicted octanol–water partition coefficient (Wildman–Crippen LogP) is 0.907. The number of hydrogen-bond donors (Lipinski definition) is 2. The number of hydrazone groups is 1. The Balaban J connectivity index is 2.07. The quantitative estimate of drug-likeness (QED) is 0.784. The van der Waals surface area contributed by atoms with E-state index in [1.807, 2.05) is 0 Å². The molecule has 0 aromatic carbocycles. The number of pyridine rings is 1. The monoisotopic (exact) mass is 252 g/mol. The summed E-state index contributed by atoms with van der Waals surface area (Å²) in [6, 6.07) is 1.20. The summed E-state index contributed by atoms with van der Waals surface area (Å²) in [7, 11) is 1.34. The first-order valence-corrected chi connectivity index (χ1v) is 5.51. The highest BCUT2D eigenvalue weighted by atomic mass is 19.1. The Kier molecular flexibility index (Phi) is 3.71. The van der Waals surface area contributed by atoms with Crippen molar-refractivity contribution in [2.45, 2.75) is 12.8 Å². The summed E-state index contributed by atoms with van der Waals surface area (Å²) in [5.41, 5.74) is 3.37. The Morgan fingerprint density at radius 2 is 2.44 bits per heavy atom. The van der Waals surface area contributed by atoms with Gasteiger partial charge in [0.05, 0.1) is 19.0 Å². The van der Waals surface area contributed by atoms with E-state index in [0.29, 0.717) is 24.4 Å². The molecule has 96 valence electrons. The molecular weight excluding hydrogens is 239 g/mol. The summed E-state index contributed by atoms with van der Waals surface area (Å²) in [6.07, 6.45) is 2.83. The number of anilines is 1. The van der Waals surface area contributed by atoms with Crippen molar-refractivity contribution >= 4 is 17.3 Å². The van der Waals surface area contributed by atoms with Crippen molar-refractivity contribution in [2.24, 2.45) is 5.10 Å². The van der Waals surface area contributed by atoms with E-state index in [9.17, 15) is 9.18 Å². The Labute approximate surface area is 103 Å². The topological polar surface area (TPSA) is 75.6 Å². The second kappa shape index (κ2) is 5.44. The summed E-state index contributed by atoms with van der Waals surface area (Å²) < 4.78 is 18.0. The maximum Gasteiger partial charge on any atom is 0.267 e. The molecule has 1 fully saturated rings. The molecule has 0 radical (unpaired) electrons. The molecule has 0 atom stereocenters. The zero-order valence-electron chi connectivity index (χ0n) is 9.86. The fraction of sp³-hybridized carbons (Fsp3) is 0.364. The number of halogens is 1. The highest BCUT2D eigenvalue weighted by molar-refractivity contribution is 6.39. The minimum atomic E-state index is -0.587. The summed E-state index contributed by atoms with van der Waals surface area (Å²) in [5, 5.41) is 6.62. The molecule has 6 nitrogen and oxygen atoms in total. The molecule has 7 heteroatoms. The van der Waals surface area contributed by atoms with Crippen molar-refractivity contribution in [2.75, 3.05) is 19.1 Å². The van der Waals surface area contributed by atoms with Gasteiger partial charge in [-0.2, -0.15) is 5.10 Å². The number of piperidine rings is 1. The number of aromatic nitrogens is 1. The van der Waals surface area contributed by atoms with E-state index in [0.717, 1.165) is 6.42 Å². The van der Waals surface area contributed by atoms with E-state index in [1.54, 1.807) is 0 Å². The highest BCUT2D eigenvalue weighted by Crippen LogP contribution is 2.17. The van der Waals surface area contributed by atoms with Crippen molar-refractivity contribution in [3.8, 4) is 5.88 Å². The van der Waals surface area contributed by atoms with Gasteiger partial charge in [0.1, 0.15) is 5.71 Å². The molecule has 0 unspecified atom stereocenters. The third-order valence-electron chi connectivity index (χ3n) is 2.46. The maximum absolute atomic E-state index is 13.3. The molecule has 1 amide bonds. The van der Waals surface area contributed by atoms with E-state index in [4.69, 9.17) is 4.74 Å². The molecule has 2 heterocycles. The number of amides is 1. The number of nitrogens with one attached hydrogen (secondary N) is 2. The van der Waals surface area contributed by atoms with E-state index in [2.05, 4.69) is 20.8 Å². The van der Waals surface area contributed by atoms with Crippen molar-refractivity contribution in [1.82, 2.24) is 10.3 Å². The summed E-state index contributed by atoms with van der Waals surface area (Å²) in [6.45, 7) is 0.663. The highest BCUT2D eigenvalue weighted by Gasteiger charge is 2.15. The van der Waals surface area contributed by atoms with Crippen LogP contribution >= 0.6 is 0 Å². The molecule has 2 rings (SSSR count). The number of carbonyl (C=O) groups excluding carboxylic acids is 1. The zero-order valence-corrected chi connectivity index (χ0v) is 9.86. The van der Waals surface area contributed by atoms with Crippen LogP contribution in [0.5, 0.6) is 5.88 Å². The van der Waals surface area contributed by atoms with Crippen molar-refractivity contribution < 1.29 is 13.9 Å². The van der Waals surface area contributed by atoms with Gasteiger partial charge in [-0.3, -0.25) is 10.2 Å². The molecule has 1 aliphatic rings. The molecule has 2 N–H and O–H groups in total. The smallest absolute Gasteiger partial charge is 0.267 e. The standard InChI is InChI=1S/C11H13FN4O2/c1-18-11-8(12)5-7(6-14-11)15-16-9-3-2-4-13-10(9)17/h5-6,15H,2-4H2,1H3,(H,13,17)/b16-9+. The van der Waals surface area contributed by atoms with Gasteiger partial charge >= 0.3 is 0 Å². The van der Waals surface area contributed by atoms with Crippen LogP contribution in [0.1, 0.15) is 12.8 Å². The Morgan fingerprint density at radius 3 is 3.11 bits per heavy atom. The van der Waals surface area contributed by atoms with Crippen molar-refractivity contribution in [3.05, 3.63) is 18.1 Å².